The van der Waals surface area contributed by atoms with Crippen LogP contribution in [0.25, 0.3) is 0 Å². The fourth-order valence-electron chi connectivity index (χ4n) is 2.41. The molecule has 1 heterocycles. The molecule has 2 N–H and O–H groups in total. The third-order valence-electron chi connectivity index (χ3n) is 3.52. The summed E-state index contributed by atoms with van der Waals surface area (Å²) in [6.07, 6.45) is 9.63. The van der Waals surface area contributed by atoms with E-state index in [1.54, 1.807) is 0 Å². The van der Waals surface area contributed by atoms with Crippen molar-refractivity contribution in [3.63, 3.8) is 0 Å². The van der Waals surface area contributed by atoms with Crippen LogP contribution in [0.1, 0.15) is 68.7 Å². The maximum Gasteiger partial charge on any atom is 0.120 e. The van der Waals surface area contributed by atoms with Crippen LogP contribution in [-0.2, 0) is 0 Å². The molecule has 0 spiro atoms. The average Bonchev–Trinajstić information content (AvgIpc) is 2.78. The molecule has 2 heteroatoms. The molecule has 0 aliphatic heterocycles. The van der Waals surface area contributed by atoms with E-state index < -0.39 is 0 Å². The van der Waals surface area contributed by atoms with Crippen molar-refractivity contribution in [2.75, 3.05) is 0 Å². The lowest BCUT2D eigenvalue weighted by Gasteiger charge is -2.19. The molecule has 0 bridgehead atoms. The Labute approximate surface area is 91.8 Å². The predicted octanol–water partition coefficient (Wildman–Crippen LogP) is 3.74. The van der Waals surface area contributed by atoms with Gasteiger partial charge in [0.2, 0.25) is 0 Å². The minimum atomic E-state index is 0.0716. The second-order valence-corrected chi connectivity index (χ2v) is 4.63. The largest absolute Gasteiger partial charge is 0.467 e. The fourth-order valence-corrected chi connectivity index (χ4v) is 2.41. The lowest BCUT2D eigenvalue weighted by atomic mass is 9.85. The van der Waals surface area contributed by atoms with Crippen molar-refractivity contribution in [1.29, 1.82) is 0 Å². The lowest BCUT2D eigenvalue weighted by molar-refractivity contribution is 0.433. The minimum absolute atomic E-state index is 0.0716. The van der Waals surface area contributed by atoms with Crippen molar-refractivity contribution >= 4 is 0 Å². The number of hydrogen-bond acceptors (Lipinski definition) is 2. The molecule has 1 aliphatic carbocycles. The van der Waals surface area contributed by atoms with Crippen LogP contribution in [0, 0.1) is 0 Å². The molecule has 2 rings (SSSR count). The van der Waals surface area contributed by atoms with Crippen LogP contribution in [0.2, 0.25) is 0 Å². The smallest absolute Gasteiger partial charge is 0.120 e. The van der Waals surface area contributed by atoms with E-state index in [2.05, 4.69) is 13.0 Å². The molecule has 2 nitrogen and oxygen atoms in total. The quantitative estimate of drug-likeness (QED) is 0.820. The van der Waals surface area contributed by atoms with Crippen molar-refractivity contribution in [3.05, 3.63) is 23.7 Å². The van der Waals surface area contributed by atoms with E-state index >= 15 is 0 Å². The highest BCUT2D eigenvalue weighted by Gasteiger charge is 2.18. The van der Waals surface area contributed by atoms with Gasteiger partial charge in [0.25, 0.3) is 0 Å². The average molecular weight is 207 g/mol. The minimum Gasteiger partial charge on any atom is -0.467 e. The molecule has 1 aromatic rings. The summed E-state index contributed by atoms with van der Waals surface area (Å²) < 4.78 is 5.55. The Bertz CT molecular complexity index is 299. The van der Waals surface area contributed by atoms with E-state index in [0.29, 0.717) is 0 Å². The maximum absolute atomic E-state index is 5.94. The van der Waals surface area contributed by atoms with Gasteiger partial charge in [-0.15, -0.1) is 0 Å². The zero-order valence-corrected chi connectivity index (χ0v) is 9.54. The Balaban J connectivity index is 2.05. The Hall–Kier alpha value is -0.760. The summed E-state index contributed by atoms with van der Waals surface area (Å²) in [6, 6.07) is 2.24. The summed E-state index contributed by atoms with van der Waals surface area (Å²) in [7, 11) is 0. The number of nitrogens with two attached hydrogens (primary N) is 1. The van der Waals surface area contributed by atoms with Gasteiger partial charge in [-0.2, -0.15) is 0 Å². The molecule has 1 aliphatic rings. The first-order chi connectivity index (χ1) is 7.31. The van der Waals surface area contributed by atoms with Gasteiger partial charge in [-0.05, 0) is 36.8 Å². The molecule has 0 saturated heterocycles. The van der Waals surface area contributed by atoms with Gasteiger partial charge in [0.15, 0.2) is 0 Å². The highest BCUT2D eigenvalue weighted by Crippen LogP contribution is 2.34. The Kier molecular flexibility index (Phi) is 3.47. The van der Waals surface area contributed by atoms with Gasteiger partial charge in [-0.25, -0.2) is 0 Å². The third-order valence-corrected chi connectivity index (χ3v) is 3.52. The Morgan fingerprint density at radius 2 is 2.13 bits per heavy atom. The molecule has 1 aromatic heterocycles. The summed E-state index contributed by atoms with van der Waals surface area (Å²) in [5.74, 6) is 1.68. The molecule has 15 heavy (non-hydrogen) atoms. The zero-order valence-electron chi connectivity index (χ0n) is 9.54. The van der Waals surface area contributed by atoms with E-state index in [1.807, 2.05) is 6.26 Å². The van der Waals surface area contributed by atoms with Gasteiger partial charge in [-0.3, -0.25) is 0 Å². The number of rotatable bonds is 3. The highest BCUT2D eigenvalue weighted by atomic mass is 16.3. The van der Waals surface area contributed by atoms with Gasteiger partial charge >= 0.3 is 0 Å². The second kappa shape index (κ2) is 4.84. The van der Waals surface area contributed by atoms with Crippen molar-refractivity contribution in [2.24, 2.45) is 5.73 Å². The summed E-state index contributed by atoms with van der Waals surface area (Å²) in [4.78, 5) is 0. The monoisotopic (exact) mass is 207 g/mol. The summed E-state index contributed by atoms with van der Waals surface area (Å²) in [5.41, 5.74) is 7.31. The van der Waals surface area contributed by atoms with Gasteiger partial charge in [0.1, 0.15) is 5.76 Å². The molecule has 0 radical (unpaired) electrons. The molecule has 1 saturated carbocycles. The normalized spacial score (nSPS) is 20.4. The van der Waals surface area contributed by atoms with E-state index in [0.717, 1.165) is 18.1 Å². The molecule has 1 fully saturated rings. The maximum atomic E-state index is 5.94. The second-order valence-electron chi connectivity index (χ2n) is 4.63. The lowest BCUT2D eigenvalue weighted by Crippen LogP contribution is -2.07. The summed E-state index contributed by atoms with van der Waals surface area (Å²) >= 11 is 0. The van der Waals surface area contributed by atoms with Gasteiger partial charge in [0, 0.05) is 0 Å². The van der Waals surface area contributed by atoms with Gasteiger partial charge in [0.05, 0.1) is 12.3 Å². The van der Waals surface area contributed by atoms with Crippen molar-refractivity contribution < 1.29 is 4.42 Å². The van der Waals surface area contributed by atoms with Crippen molar-refractivity contribution in [2.45, 2.75) is 57.4 Å². The Morgan fingerprint density at radius 1 is 1.40 bits per heavy atom. The Morgan fingerprint density at radius 3 is 2.80 bits per heavy atom. The van der Waals surface area contributed by atoms with Gasteiger partial charge < -0.3 is 10.2 Å². The van der Waals surface area contributed by atoms with Crippen LogP contribution in [-0.4, -0.2) is 0 Å². The van der Waals surface area contributed by atoms with Gasteiger partial charge in [-0.1, -0.05) is 26.2 Å². The fraction of sp³-hybridized carbons (Fsp3) is 0.692. The third kappa shape index (κ3) is 2.43. The SMILES string of the molecule is CC[C@@H](N)c1cc(C2CCCCC2)co1. The zero-order chi connectivity index (χ0) is 10.7. The molecular formula is C13H21NO. The first-order valence-electron chi connectivity index (χ1n) is 6.15. The summed E-state index contributed by atoms with van der Waals surface area (Å²) in [5, 5.41) is 0. The van der Waals surface area contributed by atoms with Crippen molar-refractivity contribution in [1.82, 2.24) is 0 Å². The van der Waals surface area contributed by atoms with Crippen LogP contribution in [0.5, 0.6) is 0 Å². The molecule has 0 amide bonds. The van der Waals surface area contributed by atoms with Crippen LogP contribution in [0.15, 0.2) is 16.7 Å². The first kappa shape index (κ1) is 10.7. The summed E-state index contributed by atoms with van der Waals surface area (Å²) in [6.45, 7) is 2.09. The predicted molar refractivity (Wildman–Crippen MR) is 61.8 cm³/mol. The van der Waals surface area contributed by atoms with Crippen molar-refractivity contribution in [3.8, 4) is 0 Å². The molecule has 1 atom stereocenters. The number of furan rings is 1. The van der Waals surface area contributed by atoms with Crippen LogP contribution >= 0.6 is 0 Å². The van der Waals surface area contributed by atoms with E-state index in [1.165, 1.54) is 37.7 Å². The van der Waals surface area contributed by atoms with Crippen LogP contribution in [0.4, 0.5) is 0 Å². The number of hydrogen-bond donors (Lipinski definition) is 1. The van der Waals surface area contributed by atoms with Crippen LogP contribution in [0.3, 0.4) is 0 Å². The van der Waals surface area contributed by atoms with E-state index in [9.17, 15) is 0 Å². The highest BCUT2D eigenvalue weighted by molar-refractivity contribution is 5.20. The first-order valence-corrected chi connectivity index (χ1v) is 6.15. The van der Waals surface area contributed by atoms with E-state index in [4.69, 9.17) is 10.2 Å². The molecule has 0 aromatic carbocycles. The molecule has 84 valence electrons. The standard InChI is InChI=1S/C13H21NO/c1-2-12(14)13-8-11(9-15-13)10-6-4-3-5-7-10/h8-10,12H,2-7,14H2,1H3/t12-/m1/s1. The molecule has 0 unspecified atom stereocenters. The van der Waals surface area contributed by atoms with E-state index in [-0.39, 0.29) is 6.04 Å². The molecular weight excluding hydrogens is 186 g/mol. The topological polar surface area (TPSA) is 39.2 Å². The van der Waals surface area contributed by atoms with Crippen LogP contribution < -0.4 is 5.73 Å².